The van der Waals surface area contributed by atoms with Crippen molar-refractivity contribution in [1.29, 1.82) is 0 Å². The first-order valence-corrected chi connectivity index (χ1v) is 10.6. The molecule has 2 heterocycles. The number of aromatic amines is 1. The molecule has 2 atom stereocenters. The van der Waals surface area contributed by atoms with Crippen LogP contribution in [0.4, 0.5) is 22.4 Å². The number of nitrogens with zero attached hydrogens (tertiary/aromatic N) is 2. The molecule has 2 unspecified atom stereocenters. The third-order valence-corrected chi connectivity index (χ3v) is 5.06. The van der Waals surface area contributed by atoms with Gasteiger partial charge in [0.15, 0.2) is 11.6 Å². The summed E-state index contributed by atoms with van der Waals surface area (Å²) in [6.45, 7) is 8.07. The molecule has 1 aliphatic rings. The van der Waals surface area contributed by atoms with Crippen LogP contribution in [-0.2, 0) is 4.74 Å². The second kappa shape index (κ2) is 9.48. The summed E-state index contributed by atoms with van der Waals surface area (Å²) in [5, 5.41) is 7.02. The van der Waals surface area contributed by atoms with E-state index in [4.69, 9.17) is 9.47 Å². The van der Waals surface area contributed by atoms with Gasteiger partial charge in [0.1, 0.15) is 5.60 Å². The molecule has 33 heavy (non-hydrogen) atoms. The minimum absolute atomic E-state index is 0.202. The molecule has 1 aromatic heterocycles. The maximum absolute atomic E-state index is 14.4. The molecule has 0 aliphatic carbocycles. The predicted molar refractivity (Wildman–Crippen MR) is 111 cm³/mol. The molecule has 1 aliphatic heterocycles. The summed E-state index contributed by atoms with van der Waals surface area (Å²) in [5.74, 6) is -2.18. The minimum atomic E-state index is -5.00. The lowest BCUT2D eigenvalue weighted by Crippen LogP contribution is -2.45. The van der Waals surface area contributed by atoms with Gasteiger partial charge in [-0.3, -0.25) is 5.10 Å². The van der Waals surface area contributed by atoms with Gasteiger partial charge in [-0.05, 0) is 51.8 Å². The van der Waals surface area contributed by atoms with Crippen LogP contribution in [-0.4, -0.2) is 52.9 Å². The van der Waals surface area contributed by atoms with Crippen molar-refractivity contribution < 1.29 is 36.6 Å². The minimum Gasteiger partial charge on any atom is -0.477 e. The largest absolute Gasteiger partial charge is 0.573 e. The number of carbonyl (C=O) groups is 1. The zero-order valence-corrected chi connectivity index (χ0v) is 18.8. The van der Waals surface area contributed by atoms with Crippen LogP contribution in [0.3, 0.4) is 0 Å². The monoisotopic (exact) mass is 473 g/mol. The van der Waals surface area contributed by atoms with Gasteiger partial charge in [0.05, 0.1) is 6.61 Å². The van der Waals surface area contributed by atoms with Gasteiger partial charge in [-0.1, -0.05) is 6.07 Å². The molecule has 1 aromatic carbocycles. The van der Waals surface area contributed by atoms with Gasteiger partial charge < -0.3 is 19.1 Å². The van der Waals surface area contributed by atoms with Gasteiger partial charge in [0.25, 0.3) is 0 Å². The SMILES string of the molecule is CCOc1cc(C2CC(c3ccc(OC(F)(F)F)c(F)c3)CN(C(=O)OC(C)(C)C)C2)[nH]n1. The van der Waals surface area contributed by atoms with Crippen LogP contribution in [0.15, 0.2) is 24.3 Å². The van der Waals surface area contributed by atoms with E-state index in [-0.39, 0.29) is 18.4 Å². The van der Waals surface area contributed by atoms with Crippen molar-refractivity contribution >= 4 is 6.09 Å². The van der Waals surface area contributed by atoms with E-state index >= 15 is 0 Å². The van der Waals surface area contributed by atoms with Gasteiger partial charge in [-0.25, -0.2) is 9.18 Å². The Morgan fingerprint density at radius 2 is 1.88 bits per heavy atom. The average molecular weight is 473 g/mol. The number of piperidine rings is 1. The molecule has 7 nitrogen and oxygen atoms in total. The third kappa shape index (κ3) is 6.75. The second-order valence-corrected chi connectivity index (χ2v) is 8.85. The molecule has 0 radical (unpaired) electrons. The van der Waals surface area contributed by atoms with E-state index in [0.717, 1.165) is 17.8 Å². The Labute approximate surface area is 189 Å². The van der Waals surface area contributed by atoms with Crippen LogP contribution in [0.2, 0.25) is 0 Å². The molecule has 3 rings (SSSR count). The van der Waals surface area contributed by atoms with E-state index in [0.29, 0.717) is 31.0 Å². The first-order chi connectivity index (χ1) is 15.3. The van der Waals surface area contributed by atoms with Gasteiger partial charge in [-0.15, -0.1) is 18.3 Å². The lowest BCUT2D eigenvalue weighted by Gasteiger charge is -2.38. The highest BCUT2D eigenvalue weighted by Gasteiger charge is 2.36. The number of H-pyrrole nitrogens is 1. The summed E-state index contributed by atoms with van der Waals surface area (Å²) in [6.07, 6.45) is -5.02. The van der Waals surface area contributed by atoms with Crippen LogP contribution in [0.5, 0.6) is 11.6 Å². The highest BCUT2D eigenvalue weighted by molar-refractivity contribution is 5.68. The Balaban J connectivity index is 1.87. The summed E-state index contributed by atoms with van der Waals surface area (Å²) in [5.41, 5.74) is 0.470. The molecule has 0 bridgehead atoms. The summed E-state index contributed by atoms with van der Waals surface area (Å²) in [6, 6.07) is 5.08. The summed E-state index contributed by atoms with van der Waals surface area (Å²) >= 11 is 0. The number of amides is 1. The molecular formula is C22H27F4N3O4. The van der Waals surface area contributed by atoms with E-state index in [1.165, 1.54) is 11.0 Å². The van der Waals surface area contributed by atoms with Crippen molar-refractivity contribution in [3.05, 3.63) is 41.3 Å². The van der Waals surface area contributed by atoms with Gasteiger partial charge in [-0.2, -0.15) is 0 Å². The quantitative estimate of drug-likeness (QED) is 0.592. The van der Waals surface area contributed by atoms with E-state index in [1.54, 1.807) is 26.8 Å². The fourth-order valence-corrected chi connectivity index (χ4v) is 3.77. The molecule has 11 heteroatoms. The number of ether oxygens (including phenoxy) is 3. The Bertz CT molecular complexity index is 971. The van der Waals surface area contributed by atoms with Crippen LogP contribution < -0.4 is 9.47 Å². The molecule has 1 fully saturated rings. The molecular weight excluding hydrogens is 446 g/mol. The standard InChI is InChI=1S/C22H27F4N3O4/c1-5-31-19-10-17(27-28-19)15-8-14(11-29(12-15)20(30)33-21(2,3)4)13-6-7-18(16(23)9-13)32-22(24,25)26/h6-7,9-10,14-15H,5,8,11-12H2,1-4H3,(H,27,28). The highest BCUT2D eigenvalue weighted by atomic mass is 19.4. The maximum atomic E-state index is 14.4. The van der Waals surface area contributed by atoms with Crippen molar-refractivity contribution in [3.8, 4) is 11.6 Å². The summed E-state index contributed by atoms with van der Waals surface area (Å²) in [7, 11) is 0. The predicted octanol–water partition coefficient (Wildman–Crippen LogP) is 5.35. The maximum Gasteiger partial charge on any atom is 0.573 e. The highest BCUT2D eigenvalue weighted by Crippen LogP contribution is 2.38. The number of carbonyl (C=O) groups excluding carboxylic acids is 1. The first-order valence-electron chi connectivity index (χ1n) is 10.6. The number of hydrogen-bond donors (Lipinski definition) is 1. The van der Waals surface area contributed by atoms with Gasteiger partial charge >= 0.3 is 12.5 Å². The zero-order valence-electron chi connectivity index (χ0n) is 18.8. The number of alkyl halides is 3. The number of aromatic nitrogens is 2. The number of nitrogens with one attached hydrogen (secondary N) is 1. The summed E-state index contributed by atoms with van der Waals surface area (Å²) in [4.78, 5) is 14.3. The molecule has 0 saturated carbocycles. The number of likely N-dealkylation sites (tertiary alicyclic amines) is 1. The molecule has 0 spiro atoms. The molecule has 1 N–H and O–H groups in total. The van der Waals surface area contributed by atoms with Gasteiger partial charge in [0.2, 0.25) is 5.88 Å². The van der Waals surface area contributed by atoms with Crippen molar-refractivity contribution in [1.82, 2.24) is 15.1 Å². The number of hydrogen-bond acceptors (Lipinski definition) is 5. The van der Waals surface area contributed by atoms with Crippen LogP contribution in [0.25, 0.3) is 0 Å². The Hall–Kier alpha value is -2.98. The second-order valence-electron chi connectivity index (χ2n) is 8.85. The Kier molecular flexibility index (Phi) is 7.08. The Morgan fingerprint density at radius 1 is 1.18 bits per heavy atom. The fourth-order valence-electron chi connectivity index (χ4n) is 3.77. The normalized spacial score (nSPS) is 19.3. The smallest absolute Gasteiger partial charge is 0.477 e. The Morgan fingerprint density at radius 3 is 2.48 bits per heavy atom. The fraction of sp³-hybridized carbons (Fsp3) is 0.545. The first kappa shape index (κ1) is 24.7. The molecule has 1 amide bonds. The molecule has 2 aromatic rings. The lowest BCUT2D eigenvalue weighted by atomic mass is 9.83. The number of benzene rings is 1. The van der Waals surface area contributed by atoms with E-state index in [2.05, 4.69) is 14.9 Å². The van der Waals surface area contributed by atoms with Crippen molar-refractivity contribution in [2.24, 2.45) is 0 Å². The zero-order chi connectivity index (χ0) is 24.4. The molecule has 1 saturated heterocycles. The third-order valence-electron chi connectivity index (χ3n) is 5.06. The van der Waals surface area contributed by atoms with E-state index in [9.17, 15) is 22.4 Å². The van der Waals surface area contributed by atoms with Crippen LogP contribution in [0, 0.1) is 5.82 Å². The van der Waals surface area contributed by atoms with Crippen molar-refractivity contribution in [2.75, 3.05) is 19.7 Å². The van der Waals surface area contributed by atoms with Crippen molar-refractivity contribution in [2.45, 2.75) is 57.9 Å². The van der Waals surface area contributed by atoms with E-state index < -0.39 is 29.6 Å². The van der Waals surface area contributed by atoms with E-state index in [1.807, 2.05) is 6.92 Å². The number of halogens is 4. The lowest BCUT2D eigenvalue weighted by molar-refractivity contribution is -0.275. The molecule has 182 valence electrons. The van der Waals surface area contributed by atoms with Crippen LogP contribution >= 0.6 is 0 Å². The number of rotatable bonds is 5. The van der Waals surface area contributed by atoms with Gasteiger partial charge in [0, 0.05) is 36.7 Å². The average Bonchev–Trinajstić information content (AvgIpc) is 3.16. The summed E-state index contributed by atoms with van der Waals surface area (Å²) < 4.78 is 66.4. The topological polar surface area (TPSA) is 76.7 Å². The van der Waals surface area contributed by atoms with Crippen molar-refractivity contribution in [3.63, 3.8) is 0 Å². The van der Waals surface area contributed by atoms with Crippen LogP contribution in [0.1, 0.15) is 57.2 Å².